The normalized spacial score (nSPS) is 13.8. The van der Waals surface area contributed by atoms with Crippen molar-refractivity contribution in [3.63, 3.8) is 0 Å². The molecule has 1 unspecified atom stereocenters. The highest BCUT2D eigenvalue weighted by atomic mass is 35.5. The summed E-state index contributed by atoms with van der Waals surface area (Å²) in [7, 11) is 0. The van der Waals surface area contributed by atoms with Crippen LogP contribution in [-0.4, -0.2) is 11.7 Å². The van der Waals surface area contributed by atoms with Gasteiger partial charge in [-0.15, -0.1) is 0 Å². The van der Waals surface area contributed by atoms with E-state index in [2.05, 4.69) is 6.92 Å². The molecule has 0 bridgehead atoms. The molecule has 0 heterocycles. The molecule has 2 aromatic carbocycles. The van der Waals surface area contributed by atoms with Crippen LogP contribution in [0.5, 0.6) is 5.75 Å². The Bertz CT molecular complexity index is 544. The van der Waals surface area contributed by atoms with E-state index in [1.165, 1.54) is 0 Å². The van der Waals surface area contributed by atoms with E-state index >= 15 is 0 Å². The maximum atomic E-state index is 10.7. The predicted octanol–water partition coefficient (Wildman–Crippen LogP) is 4.38. The Hall–Kier alpha value is -1.51. The van der Waals surface area contributed by atoms with Gasteiger partial charge in [-0.2, -0.15) is 0 Å². The monoisotopic (exact) mass is 290 g/mol. The van der Waals surface area contributed by atoms with Crippen LogP contribution in [0.1, 0.15) is 31.4 Å². The van der Waals surface area contributed by atoms with Crippen molar-refractivity contribution in [1.29, 1.82) is 0 Å². The highest BCUT2D eigenvalue weighted by molar-refractivity contribution is 6.30. The minimum Gasteiger partial charge on any atom is -0.494 e. The summed E-state index contributed by atoms with van der Waals surface area (Å²) >= 11 is 5.88. The molecule has 2 nitrogen and oxygen atoms in total. The lowest BCUT2D eigenvalue weighted by Gasteiger charge is -2.24. The molecule has 0 aliphatic carbocycles. The first-order valence-corrected chi connectivity index (χ1v) is 7.13. The van der Waals surface area contributed by atoms with E-state index in [-0.39, 0.29) is 0 Å². The van der Waals surface area contributed by atoms with Gasteiger partial charge in [-0.3, -0.25) is 0 Å². The van der Waals surface area contributed by atoms with Gasteiger partial charge in [-0.05, 0) is 48.7 Å². The molecule has 0 saturated carbocycles. The molecular weight excluding hydrogens is 272 g/mol. The van der Waals surface area contributed by atoms with Crippen molar-refractivity contribution < 1.29 is 9.84 Å². The fourth-order valence-corrected chi connectivity index (χ4v) is 2.16. The second kappa shape index (κ2) is 6.29. The second-order valence-corrected chi connectivity index (χ2v) is 5.39. The summed E-state index contributed by atoms with van der Waals surface area (Å²) in [5, 5.41) is 11.4. The summed E-state index contributed by atoms with van der Waals surface area (Å²) in [6.07, 6.45) is 0.976. The van der Waals surface area contributed by atoms with Gasteiger partial charge in [0.05, 0.1) is 6.61 Å². The summed E-state index contributed by atoms with van der Waals surface area (Å²) in [4.78, 5) is 0. The molecule has 2 rings (SSSR count). The molecule has 0 aromatic heterocycles. The van der Waals surface area contributed by atoms with Crippen LogP contribution in [0.15, 0.2) is 48.5 Å². The van der Waals surface area contributed by atoms with Crippen molar-refractivity contribution in [2.24, 2.45) is 0 Å². The van der Waals surface area contributed by atoms with Gasteiger partial charge in [0, 0.05) is 5.02 Å². The predicted molar refractivity (Wildman–Crippen MR) is 82.4 cm³/mol. The maximum Gasteiger partial charge on any atom is 0.119 e. The van der Waals surface area contributed by atoms with Crippen LogP contribution in [0.25, 0.3) is 0 Å². The molecule has 1 N–H and O–H groups in total. The summed E-state index contributed by atoms with van der Waals surface area (Å²) in [5.41, 5.74) is 0.584. The number of hydrogen-bond donors (Lipinski definition) is 1. The van der Waals surface area contributed by atoms with Crippen molar-refractivity contribution >= 4 is 11.6 Å². The van der Waals surface area contributed by atoms with Crippen molar-refractivity contribution in [1.82, 2.24) is 0 Å². The van der Waals surface area contributed by atoms with Crippen LogP contribution in [0, 0.1) is 0 Å². The Morgan fingerprint density at radius 1 is 1.00 bits per heavy atom. The highest BCUT2D eigenvalue weighted by Crippen LogP contribution is 2.30. The first-order valence-electron chi connectivity index (χ1n) is 6.76. The van der Waals surface area contributed by atoms with Gasteiger partial charge >= 0.3 is 0 Å². The molecule has 1 atom stereocenters. The van der Waals surface area contributed by atoms with E-state index < -0.39 is 5.60 Å². The average molecular weight is 291 g/mol. The van der Waals surface area contributed by atoms with Crippen molar-refractivity contribution in [2.45, 2.75) is 25.9 Å². The topological polar surface area (TPSA) is 29.5 Å². The fraction of sp³-hybridized carbons (Fsp3) is 0.294. The van der Waals surface area contributed by atoms with Gasteiger partial charge in [0.25, 0.3) is 0 Å². The van der Waals surface area contributed by atoms with E-state index in [1.807, 2.05) is 36.4 Å². The van der Waals surface area contributed by atoms with Gasteiger partial charge in [0.15, 0.2) is 0 Å². The maximum absolute atomic E-state index is 10.7. The zero-order valence-corrected chi connectivity index (χ0v) is 12.5. The standard InChI is InChI=1S/C17H19ClO2/c1-3-12-20-16-10-6-14(7-11-16)17(2,19)13-4-8-15(18)9-5-13/h4-11,19H,3,12H2,1-2H3. The van der Waals surface area contributed by atoms with Crippen LogP contribution in [0.2, 0.25) is 5.02 Å². The Morgan fingerprint density at radius 3 is 2.00 bits per heavy atom. The molecule has 0 aliphatic heterocycles. The Morgan fingerprint density at radius 2 is 1.50 bits per heavy atom. The zero-order chi connectivity index (χ0) is 14.6. The molecule has 0 amide bonds. The van der Waals surface area contributed by atoms with E-state index in [1.54, 1.807) is 19.1 Å². The van der Waals surface area contributed by atoms with Gasteiger partial charge in [0.1, 0.15) is 11.4 Å². The van der Waals surface area contributed by atoms with Gasteiger partial charge in [0.2, 0.25) is 0 Å². The van der Waals surface area contributed by atoms with Gasteiger partial charge in [-0.1, -0.05) is 42.8 Å². The lowest BCUT2D eigenvalue weighted by atomic mass is 9.88. The molecular formula is C17H19ClO2. The van der Waals surface area contributed by atoms with E-state index in [0.29, 0.717) is 11.6 Å². The van der Waals surface area contributed by atoms with Crippen LogP contribution >= 0.6 is 11.6 Å². The van der Waals surface area contributed by atoms with Crippen molar-refractivity contribution in [3.8, 4) is 5.75 Å². The van der Waals surface area contributed by atoms with Crippen molar-refractivity contribution in [2.75, 3.05) is 6.61 Å². The zero-order valence-electron chi connectivity index (χ0n) is 11.8. The molecule has 2 aromatic rings. The lowest BCUT2D eigenvalue weighted by Crippen LogP contribution is -2.22. The molecule has 0 aliphatic rings. The molecule has 106 valence electrons. The number of ether oxygens (including phenoxy) is 1. The molecule has 0 fully saturated rings. The Kier molecular flexibility index (Phi) is 4.69. The minimum absolute atomic E-state index is 0.660. The smallest absolute Gasteiger partial charge is 0.119 e. The van der Waals surface area contributed by atoms with Gasteiger partial charge in [-0.25, -0.2) is 0 Å². The third-order valence-electron chi connectivity index (χ3n) is 3.30. The number of hydrogen-bond acceptors (Lipinski definition) is 2. The van der Waals surface area contributed by atoms with Crippen LogP contribution in [0.4, 0.5) is 0 Å². The lowest BCUT2D eigenvalue weighted by molar-refractivity contribution is 0.102. The first kappa shape index (κ1) is 14.9. The van der Waals surface area contributed by atoms with E-state index in [9.17, 15) is 5.11 Å². The number of halogens is 1. The second-order valence-electron chi connectivity index (χ2n) is 4.95. The quantitative estimate of drug-likeness (QED) is 0.885. The molecule has 0 spiro atoms. The van der Waals surface area contributed by atoms with Crippen LogP contribution in [-0.2, 0) is 5.60 Å². The molecule has 3 heteroatoms. The third kappa shape index (κ3) is 3.33. The molecule has 0 saturated heterocycles. The Labute approximate surface area is 125 Å². The largest absolute Gasteiger partial charge is 0.494 e. The fourth-order valence-electron chi connectivity index (χ4n) is 2.04. The highest BCUT2D eigenvalue weighted by Gasteiger charge is 2.25. The van der Waals surface area contributed by atoms with Crippen LogP contribution in [0.3, 0.4) is 0 Å². The third-order valence-corrected chi connectivity index (χ3v) is 3.55. The SMILES string of the molecule is CCCOc1ccc(C(C)(O)c2ccc(Cl)cc2)cc1. The van der Waals surface area contributed by atoms with Crippen LogP contribution < -0.4 is 4.74 Å². The van der Waals surface area contributed by atoms with E-state index in [0.717, 1.165) is 23.3 Å². The minimum atomic E-state index is -1.05. The van der Waals surface area contributed by atoms with E-state index in [4.69, 9.17) is 16.3 Å². The molecule has 0 radical (unpaired) electrons. The summed E-state index contributed by atoms with van der Waals surface area (Å²) in [5.74, 6) is 0.822. The number of aliphatic hydroxyl groups is 1. The first-order chi connectivity index (χ1) is 9.54. The van der Waals surface area contributed by atoms with Gasteiger partial charge < -0.3 is 9.84 Å². The Balaban J connectivity index is 2.22. The summed E-state index contributed by atoms with van der Waals surface area (Å²) in [6.45, 7) is 4.55. The number of rotatable bonds is 5. The number of benzene rings is 2. The molecule has 20 heavy (non-hydrogen) atoms. The van der Waals surface area contributed by atoms with Crippen molar-refractivity contribution in [3.05, 3.63) is 64.7 Å². The summed E-state index contributed by atoms with van der Waals surface area (Å²) in [6, 6.07) is 14.8. The summed E-state index contributed by atoms with van der Waals surface area (Å²) < 4.78 is 5.55. The average Bonchev–Trinajstić information content (AvgIpc) is 2.46.